The van der Waals surface area contributed by atoms with Gasteiger partial charge in [-0.2, -0.15) is 0 Å². The standard InChI is InChI=1S/C14H19ClN2O/c15-12-8-7-10(9-13(12)16)14(18)17-11-5-3-1-2-4-6-11/h7-9,11H,1-6,16H2,(H,17,18). The van der Waals surface area contributed by atoms with Gasteiger partial charge in [-0.25, -0.2) is 0 Å². The van der Waals surface area contributed by atoms with Crippen molar-refractivity contribution in [3.8, 4) is 0 Å². The smallest absolute Gasteiger partial charge is 0.251 e. The first-order valence-electron chi connectivity index (χ1n) is 6.52. The predicted octanol–water partition coefficient (Wildman–Crippen LogP) is 3.37. The third-order valence-electron chi connectivity index (χ3n) is 3.45. The molecule has 1 aromatic carbocycles. The SMILES string of the molecule is Nc1cc(C(=O)NC2CCCCCC2)ccc1Cl. The molecular formula is C14H19ClN2O. The van der Waals surface area contributed by atoms with Gasteiger partial charge < -0.3 is 11.1 Å². The van der Waals surface area contributed by atoms with Gasteiger partial charge in [0.1, 0.15) is 0 Å². The Hall–Kier alpha value is -1.22. The molecule has 3 nitrogen and oxygen atoms in total. The van der Waals surface area contributed by atoms with E-state index in [1.54, 1.807) is 18.2 Å². The lowest BCUT2D eigenvalue weighted by molar-refractivity contribution is 0.0933. The summed E-state index contributed by atoms with van der Waals surface area (Å²) in [6.07, 6.45) is 7.12. The summed E-state index contributed by atoms with van der Waals surface area (Å²) in [6.45, 7) is 0. The number of nitrogens with one attached hydrogen (secondary N) is 1. The molecule has 1 aromatic rings. The Morgan fingerprint density at radius 3 is 2.50 bits per heavy atom. The number of anilines is 1. The molecule has 0 aliphatic heterocycles. The van der Waals surface area contributed by atoms with Crippen LogP contribution >= 0.6 is 11.6 Å². The van der Waals surface area contributed by atoms with Gasteiger partial charge in [-0.15, -0.1) is 0 Å². The van der Waals surface area contributed by atoms with E-state index in [0.717, 1.165) is 12.8 Å². The Bertz CT molecular complexity index is 426. The van der Waals surface area contributed by atoms with Crippen molar-refractivity contribution in [2.45, 2.75) is 44.6 Å². The lowest BCUT2D eigenvalue weighted by atomic mass is 10.1. The van der Waals surface area contributed by atoms with Crippen molar-refractivity contribution in [3.05, 3.63) is 28.8 Å². The van der Waals surface area contributed by atoms with E-state index in [9.17, 15) is 4.79 Å². The van der Waals surface area contributed by atoms with Crippen molar-refractivity contribution in [2.75, 3.05) is 5.73 Å². The number of nitrogen functional groups attached to an aromatic ring is 1. The highest BCUT2D eigenvalue weighted by atomic mass is 35.5. The van der Waals surface area contributed by atoms with Crippen LogP contribution in [0.15, 0.2) is 18.2 Å². The number of halogens is 1. The largest absolute Gasteiger partial charge is 0.398 e. The summed E-state index contributed by atoms with van der Waals surface area (Å²) >= 11 is 5.84. The second kappa shape index (κ2) is 6.10. The van der Waals surface area contributed by atoms with E-state index in [-0.39, 0.29) is 5.91 Å². The van der Waals surface area contributed by atoms with Crippen molar-refractivity contribution in [1.29, 1.82) is 0 Å². The molecule has 1 aliphatic carbocycles. The van der Waals surface area contributed by atoms with Gasteiger partial charge in [0.25, 0.3) is 5.91 Å². The fourth-order valence-electron chi connectivity index (χ4n) is 2.38. The van der Waals surface area contributed by atoms with Crippen LogP contribution in [0.25, 0.3) is 0 Å². The average Bonchev–Trinajstić information content (AvgIpc) is 2.61. The van der Waals surface area contributed by atoms with Gasteiger partial charge in [-0.05, 0) is 31.0 Å². The monoisotopic (exact) mass is 266 g/mol. The molecule has 4 heteroatoms. The van der Waals surface area contributed by atoms with Gasteiger partial charge in [-0.1, -0.05) is 37.3 Å². The third kappa shape index (κ3) is 3.39. The van der Waals surface area contributed by atoms with Crippen LogP contribution in [0.2, 0.25) is 5.02 Å². The first-order valence-corrected chi connectivity index (χ1v) is 6.90. The maximum Gasteiger partial charge on any atom is 0.251 e. The molecule has 1 aliphatic rings. The van der Waals surface area contributed by atoms with Crippen molar-refractivity contribution in [1.82, 2.24) is 5.32 Å². The lowest BCUT2D eigenvalue weighted by Gasteiger charge is -2.16. The van der Waals surface area contributed by atoms with E-state index in [2.05, 4.69) is 5.32 Å². The number of benzene rings is 1. The molecule has 0 spiro atoms. The number of hydrogen-bond acceptors (Lipinski definition) is 2. The zero-order valence-electron chi connectivity index (χ0n) is 10.4. The van der Waals surface area contributed by atoms with Crippen LogP contribution < -0.4 is 11.1 Å². The van der Waals surface area contributed by atoms with Crippen molar-refractivity contribution in [3.63, 3.8) is 0 Å². The van der Waals surface area contributed by atoms with Gasteiger partial charge in [0.2, 0.25) is 0 Å². The zero-order valence-corrected chi connectivity index (χ0v) is 11.2. The Balaban J connectivity index is 1.99. The van der Waals surface area contributed by atoms with Gasteiger partial charge >= 0.3 is 0 Å². The second-order valence-electron chi connectivity index (χ2n) is 4.90. The summed E-state index contributed by atoms with van der Waals surface area (Å²) in [5.41, 5.74) is 6.74. The maximum atomic E-state index is 12.1. The molecule has 0 heterocycles. The van der Waals surface area contributed by atoms with E-state index in [1.165, 1.54) is 25.7 Å². The summed E-state index contributed by atoms with van der Waals surface area (Å²) in [6, 6.07) is 5.31. The molecule has 0 radical (unpaired) electrons. The van der Waals surface area contributed by atoms with E-state index in [0.29, 0.717) is 22.3 Å². The van der Waals surface area contributed by atoms with E-state index in [4.69, 9.17) is 17.3 Å². The second-order valence-corrected chi connectivity index (χ2v) is 5.31. The van der Waals surface area contributed by atoms with Crippen LogP contribution in [-0.4, -0.2) is 11.9 Å². The highest BCUT2D eigenvalue weighted by Crippen LogP contribution is 2.21. The first kappa shape index (κ1) is 13.2. The number of amides is 1. The molecule has 0 saturated heterocycles. The minimum Gasteiger partial charge on any atom is -0.398 e. The van der Waals surface area contributed by atoms with Crippen molar-refractivity contribution < 1.29 is 4.79 Å². The Morgan fingerprint density at radius 2 is 1.89 bits per heavy atom. The quantitative estimate of drug-likeness (QED) is 0.637. The minimum absolute atomic E-state index is 0.0507. The summed E-state index contributed by atoms with van der Waals surface area (Å²) < 4.78 is 0. The molecule has 98 valence electrons. The molecule has 1 fully saturated rings. The van der Waals surface area contributed by atoms with Gasteiger partial charge in [0.15, 0.2) is 0 Å². The molecule has 18 heavy (non-hydrogen) atoms. The van der Waals surface area contributed by atoms with Crippen LogP contribution in [-0.2, 0) is 0 Å². The minimum atomic E-state index is -0.0507. The summed E-state index contributed by atoms with van der Waals surface area (Å²) in [5.74, 6) is -0.0507. The first-order chi connectivity index (χ1) is 8.66. The number of carbonyl (C=O) groups excluding carboxylic acids is 1. The molecule has 0 aromatic heterocycles. The summed E-state index contributed by atoms with van der Waals surface area (Å²) in [4.78, 5) is 12.1. The van der Waals surface area contributed by atoms with Crippen LogP contribution in [0.3, 0.4) is 0 Å². The molecule has 2 rings (SSSR count). The van der Waals surface area contributed by atoms with Crippen LogP contribution in [0, 0.1) is 0 Å². The Morgan fingerprint density at radius 1 is 1.22 bits per heavy atom. The van der Waals surface area contributed by atoms with E-state index < -0.39 is 0 Å². The highest BCUT2D eigenvalue weighted by Gasteiger charge is 2.16. The number of hydrogen-bond donors (Lipinski definition) is 2. The fraction of sp³-hybridized carbons (Fsp3) is 0.500. The molecule has 0 atom stereocenters. The molecule has 1 amide bonds. The van der Waals surface area contributed by atoms with Crippen molar-refractivity contribution in [2.24, 2.45) is 0 Å². The van der Waals surface area contributed by atoms with Crippen molar-refractivity contribution >= 4 is 23.2 Å². The van der Waals surface area contributed by atoms with Gasteiger partial charge in [0.05, 0.1) is 10.7 Å². The molecule has 0 unspecified atom stereocenters. The van der Waals surface area contributed by atoms with Crippen LogP contribution in [0.4, 0.5) is 5.69 Å². The van der Waals surface area contributed by atoms with Gasteiger partial charge in [0, 0.05) is 11.6 Å². The summed E-state index contributed by atoms with van der Waals surface area (Å²) in [7, 11) is 0. The Kier molecular flexibility index (Phi) is 4.48. The topological polar surface area (TPSA) is 55.1 Å². The molecular weight excluding hydrogens is 248 g/mol. The summed E-state index contributed by atoms with van der Waals surface area (Å²) in [5, 5.41) is 3.57. The maximum absolute atomic E-state index is 12.1. The number of rotatable bonds is 2. The van der Waals surface area contributed by atoms with Crippen LogP contribution in [0.5, 0.6) is 0 Å². The fourth-order valence-corrected chi connectivity index (χ4v) is 2.49. The number of carbonyl (C=O) groups is 1. The third-order valence-corrected chi connectivity index (χ3v) is 3.79. The molecule has 3 N–H and O–H groups in total. The van der Waals surface area contributed by atoms with E-state index >= 15 is 0 Å². The predicted molar refractivity (Wildman–Crippen MR) is 74.8 cm³/mol. The molecule has 1 saturated carbocycles. The highest BCUT2D eigenvalue weighted by molar-refractivity contribution is 6.33. The normalized spacial score (nSPS) is 17.2. The molecule has 0 bridgehead atoms. The zero-order chi connectivity index (χ0) is 13.0. The van der Waals surface area contributed by atoms with Gasteiger partial charge in [-0.3, -0.25) is 4.79 Å². The number of nitrogens with two attached hydrogens (primary N) is 1. The van der Waals surface area contributed by atoms with Crippen LogP contribution in [0.1, 0.15) is 48.9 Å². The average molecular weight is 267 g/mol. The van der Waals surface area contributed by atoms with E-state index in [1.807, 2.05) is 0 Å². The Labute approximate surface area is 113 Å². The lowest BCUT2D eigenvalue weighted by Crippen LogP contribution is -2.34.